The van der Waals surface area contributed by atoms with Crippen molar-refractivity contribution in [3.05, 3.63) is 28.8 Å². The largest absolute Gasteiger partial charge is 0.493 e. The molecule has 0 heterocycles. The Labute approximate surface area is 113 Å². The molecule has 1 aromatic rings. The summed E-state index contributed by atoms with van der Waals surface area (Å²) in [5, 5.41) is 0.725. The molecule has 3 rings (SSSR count). The molecule has 2 aliphatic rings. The Morgan fingerprint density at radius 3 is 2.83 bits per heavy atom. The number of nitrogens with two attached hydrogens (primary N) is 1. The maximum atomic E-state index is 5.98. The van der Waals surface area contributed by atoms with E-state index in [1.165, 1.54) is 25.7 Å². The number of ether oxygens (including phenoxy) is 1. The second-order valence-electron chi connectivity index (χ2n) is 5.70. The molecule has 2 saturated carbocycles. The first-order chi connectivity index (χ1) is 8.76. The third kappa shape index (κ3) is 2.36. The normalized spacial score (nSPS) is 29.8. The standard InChI is InChI=1S/C15H20ClNO/c16-14-3-4-15(12(7-14)8-17)18-9-13-6-10-1-2-11(13)5-10/h3-4,7,10-11,13H,1-2,5-6,8-9,17H2. The third-order valence-corrected chi connectivity index (χ3v) is 4.81. The van der Waals surface area contributed by atoms with Crippen LogP contribution in [0.3, 0.4) is 0 Å². The first-order valence-electron chi connectivity index (χ1n) is 6.87. The van der Waals surface area contributed by atoms with Crippen molar-refractivity contribution in [2.75, 3.05) is 6.61 Å². The van der Waals surface area contributed by atoms with Gasteiger partial charge < -0.3 is 10.5 Å². The van der Waals surface area contributed by atoms with Crippen LogP contribution in [0.1, 0.15) is 31.2 Å². The molecule has 2 aliphatic carbocycles. The summed E-state index contributed by atoms with van der Waals surface area (Å²) in [6, 6.07) is 5.71. The molecule has 1 aromatic carbocycles. The molecule has 0 spiro atoms. The number of halogens is 1. The van der Waals surface area contributed by atoms with Gasteiger partial charge in [0.25, 0.3) is 0 Å². The van der Waals surface area contributed by atoms with Gasteiger partial charge in [-0.2, -0.15) is 0 Å². The van der Waals surface area contributed by atoms with E-state index >= 15 is 0 Å². The first kappa shape index (κ1) is 12.3. The second kappa shape index (κ2) is 5.10. The first-order valence-corrected chi connectivity index (χ1v) is 7.25. The van der Waals surface area contributed by atoms with Gasteiger partial charge in [0, 0.05) is 17.1 Å². The van der Waals surface area contributed by atoms with Gasteiger partial charge in [-0.1, -0.05) is 18.0 Å². The molecule has 0 amide bonds. The number of fused-ring (bicyclic) bond motifs is 2. The van der Waals surface area contributed by atoms with Crippen molar-refractivity contribution in [1.29, 1.82) is 0 Å². The fourth-order valence-electron chi connectivity index (χ4n) is 3.63. The highest BCUT2D eigenvalue weighted by atomic mass is 35.5. The number of benzene rings is 1. The van der Waals surface area contributed by atoms with Gasteiger partial charge in [-0.3, -0.25) is 0 Å². The van der Waals surface area contributed by atoms with Gasteiger partial charge in [-0.15, -0.1) is 0 Å². The molecule has 0 aliphatic heterocycles. The van der Waals surface area contributed by atoms with E-state index in [2.05, 4.69) is 0 Å². The lowest BCUT2D eigenvalue weighted by atomic mass is 9.89. The van der Waals surface area contributed by atoms with E-state index in [-0.39, 0.29) is 0 Å². The number of hydrogen-bond donors (Lipinski definition) is 1. The number of hydrogen-bond acceptors (Lipinski definition) is 2. The van der Waals surface area contributed by atoms with Crippen LogP contribution in [0.25, 0.3) is 0 Å². The van der Waals surface area contributed by atoms with Crippen LogP contribution in [0.2, 0.25) is 5.02 Å². The maximum Gasteiger partial charge on any atom is 0.123 e. The summed E-state index contributed by atoms with van der Waals surface area (Å²) in [5.41, 5.74) is 6.73. The summed E-state index contributed by atoms with van der Waals surface area (Å²) in [6.45, 7) is 1.32. The molecule has 0 aromatic heterocycles. The summed E-state index contributed by atoms with van der Waals surface area (Å²) in [7, 11) is 0. The maximum absolute atomic E-state index is 5.98. The van der Waals surface area contributed by atoms with E-state index in [9.17, 15) is 0 Å². The quantitative estimate of drug-likeness (QED) is 0.903. The number of rotatable bonds is 4. The van der Waals surface area contributed by atoms with Crippen molar-refractivity contribution in [3.63, 3.8) is 0 Å². The minimum Gasteiger partial charge on any atom is -0.493 e. The van der Waals surface area contributed by atoms with Gasteiger partial charge in [0.15, 0.2) is 0 Å². The van der Waals surface area contributed by atoms with Gasteiger partial charge in [-0.25, -0.2) is 0 Å². The molecule has 3 unspecified atom stereocenters. The predicted molar refractivity (Wildman–Crippen MR) is 73.8 cm³/mol. The van der Waals surface area contributed by atoms with Crippen molar-refractivity contribution in [2.45, 2.75) is 32.2 Å². The van der Waals surface area contributed by atoms with E-state index in [1.54, 1.807) is 0 Å². The average molecular weight is 266 g/mol. The Bertz CT molecular complexity index is 435. The SMILES string of the molecule is NCc1cc(Cl)ccc1OCC1CC2CCC1C2. The summed E-state index contributed by atoms with van der Waals surface area (Å²) in [5.74, 6) is 3.54. The molecule has 0 saturated heterocycles. The van der Waals surface area contributed by atoms with Crippen molar-refractivity contribution in [1.82, 2.24) is 0 Å². The summed E-state index contributed by atoms with van der Waals surface area (Å²) >= 11 is 5.96. The van der Waals surface area contributed by atoms with Crippen molar-refractivity contribution in [3.8, 4) is 5.75 Å². The Balaban J connectivity index is 1.63. The Morgan fingerprint density at radius 2 is 2.17 bits per heavy atom. The van der Waals surface area contributed by atoms with Gasteiger partial charge >= 0.3 is 0 Å². The van der Waals surface area contributed by atoms with Crippen LogP contribution in [-0.4, -0.2) is 6.61 Å². The van der Waals surface area contributed by atoms with Crippen LogP contribution < -0.4 is 10.5 Å². The highest BCUT2D eigenvalue weighted by Crippen LogP contribution is 2.48. The van der Waals surface area contributed by atoms with Crippen molar-refractivity contribution < 1.29 is 4.74 Å². The fourth-order valence-corrected chi connectivity index (χ4v) is 3.82. The average Bonchev–Trinajstić information content (AvgIpc) is 2.99. The molecule has 2 nitrogen and oxygen atoms in total. The molecule has 98 valence electrons. The predicted octanol–water partition coefficient (Wildman–Crippen LogP) is 3.61. The molecule has 18 heavy (non-hydrogen) atoms. The third-order valence-electron chi connectivity index (χ3n) is 4.58. The van der Waals surface area contributed by atoms with Gasteiger partial charge in [0.05, 0.1) is 6.61 Å². The molecule has 2 bridgehead atoms. The summed E-state index contributed by atoms with van der Waals surface area (Å²) < 4.78 is 5.98. The zero-order valence-corrected chi connectivity index (χ0v) is 11.3. The monoisotopic (exact) mass is 265 g/mol. The van der Waals surface area contributed by atoms with Gasteiger partial charge in [0.2, 0.25) is 0 Å². The fraction of sp³-hybridized carbons (Fsp3) is 0.600. The smallest absolute Gasteiger partial charge is 0.123 e. The van der Waals surface area contributed by atoms with Crippen LogP contribution in [-0.2, 0) is 6.54 Å². The van der Waals surface area contributed by atoms with Gasteiger partial charge in [-0.05, 0) is 55.2 Å². The van der Waals surface area contributed by atoms with Crippen molar-refractivity contribution >= 4 is 11.6 Å². The van der Waals surface area contributed by atoms with Crippen molar-refractivity contribution in [2.24, 2.45) is 23.5 Å². The molecule has 0 radical (unpaired) electrons. The van der Waals surface area contributed by atoms with Crippen LogP contribution in [0, 0.1) is 17.8 Å². The topological polar surface area (TPSA) is 35.2 Å². The zero-order valence-electron chi connectivity index (χ0n) is 10.6. The molecule has 3 atom stereocenters. The second-order valence-corrected chi connectivity index (χ2v) is 6.14. The van der Waals surface area contributed by atoms with E-state index in [0.717, 1.165) is 40.7 Å². The lowest BCUT2D eigenvalue weighted by molar-refractivity contribution is 0.194. The minimum atomic E-state index is 0.479. The molecule has 3 heteroatoms. The minimum absolute atomic E-state index is 0.479. The van der Waals surface area contributed by atoms with Crippen LogP contribution >= 0.6 is 11.6 Å². The Kier molecular flexibility index (Phi) is 3.49. The lowest BCUT2D eigenvalue weighted by Gasteiger charge is -2.22. The summed E-state index contributed by atoms with van der Waals surface area (Å²) in [6.07, 6.45) is 5.63. The highest BCUT2D eigenvalue weighted by Gasteiger charge is 2.39. The van der Waals surface area contributed by atoms with Crippen LogP contribution in [0.5, 0.6) is 5.75 Å². The van der Waals surface area contributed by atoms with Crippen LogP contribution in [0.15, 0.2) is 18.2 Å². The van der Waals surface area contributed by atoms with E-state index in [4.69, 9.17) is 22.1 Å². The lowest BCUT2D eigenvalue weighted by Crippen LogP contribution is -2.19. The molecule has 2 N–H and O–H groups in total. The van der Waals surface area contributed by atoms with Crippen LogP contribution in [0.4, 0.5) is 0 Å². The molecular formula is C15H20ClNO. The molecular weight excluding hydrogens is 246 g/mol. The highest BCUT2D eigenvalue weighted by molar-refractivity contribution is 6.30. The van der Waals surface area contributed by atoms with E-state index < -0.39 is 0 Å². The van der Waals surface area contributed by atoms with Gasteiger partial charge in [0.1, 0.15) is 5.75 Å². The zero-order chi connectivity index (χ0) is 12.5. The van der Waals surface area contributed by atoms with E-state index in [0.29, 0.717) is 6.54 Å². The summed E-state index contributed by atoms with van der Waals surface area (Å²) in [4.78, 5) is 0. The Morgan fingerprint density at radius 1 is 1.28 bits per heavy atom. The molecule has 2 fully saturated rings. The van der Waals surface area contributed by atoms with E-state index in [1.807, 2.05) is 18.2 Å². The Hall–Kier alpha value is -0.730.